The Labute approximate surface area is 92.0 Å². The van der Waals surface area contributed by atoms with Gasteiger partial charge in [0.05, 0.1) is 25.1 Å². The van der Waals surface area contributed by atoms with Crippen molar-refractivity contribution in [3.8, 4) is 5.88 Å². The lowest BCUT2D eigenvalue weighted by molar-refractivity contribution is -0.113. The number of nitrogens with zero attached hydrogens (tertiary/aromatic N) is 1. The molecule has 0 bridgehead atoms. The molecule has 1 rings (SSSR count). The Morgan fingerprint density at radius 3 is 2.93 bits per heavy atom. The standard InChI is InChI=1S/C9H11ClN2O3/c1-15-9-3-2-6(7(5-13)12-9)11-8(14)4-10/h2-3,13H,4-5H2,1H3,(H,11,14). The molecule has 0 aromatic carbocycles. The molecule has 1 heterocycles. The number of rotatable bonds is 4. The summed E-state index contributed by atoms with van der Waals surface area (Å²) in [6.45, 7) is -0.283. The highest BCUT2D eigenvalue weighted by molar-refractivity contribution is 6.29. The van der Waals surface area contributed by atoms with Crippen LogP contribution in [-0.4, -0.2) is 29.0 Å². The Morgan fingerprint density at radius 1 is 1.67 bits per heavy atom. The van der Waals surface area contributed by atoms with Crippen LogP contribution in [0, 0.1) is 0 Å². The summed E-state index contributed by atoms with van der Waals surface area (Å²) in [5.41, 5.74) is 0.775. The van der Waals surface area contributed by atoms with E-state index in [0.717, 1.165) is 0 Å². The number of nitrogens with one attached hydrogen (secondary N) is 1. The molecule has 5 nitrogen and oxygen atoms in total. The van der Waals surface area contributed by atoms with Crippen LogP contribution in [0.15, 0.2) is 12.1 Å². The number of hydrogen-bond donors (Lipinski definition) is 2. The number of alkyl halides is 1. The number of carbonyl (C=O) groups excluding carboxylic acids is 1. The molecule has 0 atom stereocenters. The lowest BCUT2D eigenvalue weighted by atomic mass is 10.3. The van der Waals surface area contributed by atoms with Gasteiger partial charge in [-0.2, -0.15) is 0 Å². The molecule has 2 N–H and O–H groups in total. The normalized spacial score (nSPS) is 9.80. The molecule has 0 unspecified atom stereocenters. The van der Waals surface area contributed by atoms with Crippen molar-refractivity contribution in [1.82, 2.24) is 4.98 Å². The third-order valence-electron chi connectivity index (χ3n) is 1.70. The summed E-state index contributed by atoms with van der Waals surface area (Å²) in [7, 11) is 1.47. The first-order valence-electron chi connectivity index (χ1n) is 4.21. The van der Waals surface area contributed by atoms with E-state index in [4.69, 9.17) is 21.4 Å². The third kappa shape index (κ3) is 3.07. The van der Waals surface area contributed by atoms with Gasteiger partial charge in [0.2, 0.25) is 11.8 Å². The van der Waals surface area contributed by atoms with Crippen LogP contribution in [0.5, 0.6) is 5.88 Å². The predicted octanol–water partition coefficient (Wildman–Crippen LogP) is 0.760. The molecule has 0 aliphatic heterocycles. The van der Waals surface area contributed by atoms with E-state index in [9.17, 15) is 4.79 Å². The summed E-state index contributed by atoms with van der Waals surface area (Å²) in [6, 6.07) is 3.19. The van der Waals surface area contributed by atoms with E-state index < -0.39 is 0 Å². The van der Waals surface area contributed by atoms with Crippen molar-refractivity contribution in [2.75, 3.05) is 18.3 Å². The molecule has 0 saturated carbocycles. The Balaban J connectivity index is 2.92. The van der Waals surface area contributed by atoms with Crippen molar-refractivity contribution in [1.29, 1.82) is 0 Å². The number of methoxy groups -OCH3 is 1. The Hall–Kier alpha value is -1.33. The second kappa shape index (κ2) is 5.53. The maximum atomic E-state index is 11.0. The highest BCUT2D eigenvalue weighted by Gasteiger charge is 2.07. The fourth-order valence-corrected chi connectivity index (χ4v) is 1.08. The van der Waals surface area contributed by atoms with E-state index in [1.165, 1.54) is 7.11 Å². The van der Waals surface area contributed by atoms with Crippen LogP contribution in [0.2, 0.25) is 0 Å². The number of aliphatic hydroxyl groups is 1. The van der Waals surface area contributed by atoms with E-state index in [2.05, 4.69) is 10.3 Å². The maximum Gasteiger partial charge on any atom is 0.239 e. The molecule has 0 radical (unpaired) electrons. The van der Waals surface area contributed by atoms with Crippen LogP contribution in [-0.2, 0) is 11.4 Å². The molecular weight excluding hydrogens is 220 g/mol. The predicted molar refractivity (Wildman–Crippen MR) is 56.1 cm³/mol. The minimum absolute atomic E-state index is 0.142. The lowest BCUT2D eigenvalue weighted by Gasteiger charge is -2.08. The van der Waals surface area contributed by atoms with Crippen molar-refractivity contribution >= 4 is 23.2 Å². The summed E-state index contributed by atoms with van der Waals surface area (Å²) in [6.07, 6.45) is 0. The Kier molecular flexibility index (Phi) is 4.33. The summed E-state index contributed by atoms with van der Waals surface area (Å²) in [4.78, 5) is 15.0. The van der Waals surface area contributed by atoms with Crippen LogP contribution in [0.4, 0.5) is 5.69 Å². The Bertz CT molecular complexity index is 357. The van der Waals surface area contributed by atoms with Crippen LogP contribution in [0.25, 0.3) is 0 Å². The third-order valence-corrected chi connectivity index (χ3v) is 1.95. The first kappa shape index (κ1) is 11.7. The molecule has 0 aliphatic carbocycles. The van der Waals surface area contributed by atoms with E-state index in [-0.39, 0.29) is 18.4 Å². The summed E-state index contributed by atoms with van der Waals surface area (Å²) in [5, 5.41) is 11.5. The van der Waals surface area contributed by atoms with Gasteiger partial charge in [0.1, 0.15) is 5.88 Å². The van der Waals surface area contributed by atoms with Crippen LogP contribution in [0.3, 0.4) is 0 Å². The minimum atomic E-state index is -0.349. The number of amides is 1. The quantitative estimate of drug-likeness (QED) is 0.750. The van der Waals surface area contributed by atoms with Crippen molar-refractivity contribution in [3.05, 3.63) is 17.8 Å². The first-order valence-corrected chi connectivity index (χ1v) is 4.75. The van der Waals surface area contributed by atoms with E-state index in [1.807, 2.05) is 0 Å². The molecule has 6 heteroatoms. The van der Waals surface area contributed by atoms with Gasteiger partial charge in [0.25, 0.3) is 0 Å². The average Bonchev–Trinajstić information content (AvgIpc) is 2.29. The van der Waals surface area contributed by atoms with Gasteiger partial charge in [0, 0.05) is 6.07 Å². The van der Waals surface area contributed by atoms with Gasteiger partial charge in [-0.15, -0.1) is 11.6 Å². The zero-order valence-electron chi connectivity index (χ0n) is 8.16. The number of aromatic nitrogens is 1. The monoisotopic (exact) mass is 230 g/mol. The van der Waals surface area contributed by atoms with Crippen molar-refractivity contribution in [2.24, 2.45) is 0 Å². The first-order chi connectivity index (χ1) is 7.21. The van der Waals surface area contributed by atoms with Crippen LogP contribution < -0.4 is 10.1 Å². The van der Waals surface area contributed by atoms with Crippen molar-refractivity contribution < 1.29 is 14.6 Å². The second-order valence-electron chi connectivity index (χ2n) is 2.69. The molecule has 82 valence electrons. The van der Waals surface area contributed by atoms with E-state index >= 15 is 0 Å². The topological polar surface area (TPSA) is 71.5 Å². The number of anilines is 1. The highest BCUT2D eigenvalue weighted by Crippen LogP contribution is 2.17. The number of pyridine rings is 1. The van der Waals surface area contributed by atoms with Crippen LogP contribution >= 0.6 is 11.6 Å². The second-order valence-corrected chi connectivity index (χ2v) is 2.96. The van der Waals surface area contributed by atoms with E-state index in [0.29, 0.717) is 17.3 Å². The molecule has 1 aromatic rings. The number of ether oxygens (including phenoxy) is 1. The molecule has 1 amide bonds. The fourth-order valence-electron chi connectivity index (χ4n) is 1.01. The van der Waals surface area contributed by atoms with Gasteiger partial charge in [0.15, 0.2) is 0 Å². The highest BCUT2D eigenvalue weighted by atomic mass is 35.5. The van der Waals surface area contributed by atoms with Crippen molar-refractivity contribution in [3.63, 3.8) is 0 Å². The molecule has 0 aliphatic rings. The van der Waals surface area contributed by atoms with Crippen molar-refractivity contribution in [2.45, 2.75) is 6.61 Å². The lowest BCUT2D eigenvalue weighted by Crippen LogP contribution is -2.14. The van der Waals surface area contributed by atoms with Gasteiger partial charge in [-0.1, -0.05) is 0 Å². The number of carbonyl (C=O) groups is 1. The number of hydrogen-bond acceptors (Lipinski definition) is 4. The molecule has 0 fully saturated rings. The smallest absolute Gasteiger partial charge is 0.239 e. The van der Waals surface area contributed by atoms with Crippen LogP contribution in [0.1, 0.15) is 5.69 Å². The zero-order valence-corrected chi connectivity index (χ0v) is 8.91. The maximum absolute atomic E-state index is 11.0. The zero-order chi connectivity index (χ0) is 11.3. The molecular formula is C9H11ClN2O3. The number of aliphatic hydroxyl groups excluding tert-OH is 1. The fraction of sp³-hybridized carbons (Fsp3) is 0.333. The van der Waals surface area contributed by atoms with Gasteiger partial charge in [-0.05, 0) is 6.07 Å². The molecule has 0 spiro atoms. The number of halogens is 1. The average molecular weight is 231 g/mol. The SMILES string of the molecule is COc1ccc(NC(=O)CCl)c(CO)n1. The Morgan fingerprint density at radius 2 is 2.40 bits per heavy atom. The summed E-state index contributed by atoms with van der Waals surface area (Å²) < 4.78 is 4.88. The van der Waals surface area contributed by atoms with E-state index in [1.54, 1.807) is 12.1 Å². The molecule has 1 aromatic heterocycles. The minimum Gasteiger partial charge on any atom is -0.481 e. The van der Waals surface area contributed by atoms with Gasteiger partial charge in [-0.25, -0.2) is 4.98 Å². The summed E-state index contributed by atoms with van der Waals surface area (Å²) >= 11 is 5.34. The summed E-state index contributed by atoms with van der Waals surface area (Å²) in [5.74, 6) is -0.113. The molecule has 15 heavy (non-hydrogen) atoms. The van der Waals surface area contributed by atoms with Gasteiger partial charge in [-0.3, -0.25) is 4.79 Å². The van der Waals surface area contributed by atoms with Gasteiger partial charge < -0.3 is 15.2 Å². The van der Waals surface area contributed by atoms with Gasteiger partial charge >= 0.3 is 0 Å². The largest absolute Gasteiger partial charge is 0.481 e. The molecule has 0 saturated heterocycles.